The van der Waals surface area contributed by atoms with Gasteiger partial charge in [-0.2, -0.15) is 0 Å². The second-order valence-electron chi connectivity index (χ2n) is 3.85. The minimum Gasteiger partial charge on any atom is -0.497 e. The van der Waals surface area contributed by atoms with E-state index >= 15 is 0 Å². The predicted octanol–water partition coefficient (Wildman–Crippen LogP) is 2.37. The summed E-state index contributed by atoms with van der Waals surface area (Å²) < 4.78 is 5.08. The smallest absolute Gasteiger partial charge is 0.269 e. The summed E-state index contributed by atoms with van der Waals surface area (Å²) in [6, 6.07) is 6.98. The molecule has 0 aromatic heterocycles. The Morgan fingerprint density at radius 2 is 2.40 bits per heavy atom. The Morgan fingerprint density at radius 3 is 3.05 bits per heavy atom. The Morgan fingerprint density at radius 1 is 1.60 bits per heavy atom. The second kappa shape index (κ2) is 8.53. The molecule has 0 spiro atoms. The highest BCUT2D eigenvalue weighted by molar-refractivity contribution is 9.09. The molecule has 2 N–H and O–H groups in total. The Labute approximate surface area is 140 Å². The lowest BCUT2D eigenvalue weighted by molar-refractivity contribution is 0.0944. The van der Waals surface area contributed by atoms with Gasteiger partial charge in [-0.15, -0.1) is 17.0 Å². The number of methoxy groups -OCH3 is 1. The van der Waals surface area contributed by atoms with Gasteiger partial charge in [0.2, 0.25) is 0 Å². The Bertz CT molecular complexity index is 499. The standard InChI is InChI=1S/C12H14BrN3O2S.BrH/c1-18-9-4-2-3-8(5-9)11(17)15-16-12-14-7-10(6-13)19-12;/h2-5,10H,6-7H2,1H3,(H,14,16)(H,15,17);1H. The van der Waals surface area contributed by atoms with Crippen LogP contribution in [-0.2, 0) is 0 Å². The number of carbonyl (C=O) groups is 1. The molecular formula is C12H15Br2N3O2S. The number of alkyl halides is 1. The van der Waals surface area contributed by atoms with Crippen LogP contribution in [0.1, 0.15) is 10.4 Å². The molecule has 0 bridgehead atoms. The summed E-state index contributed by atoms with van der Waals surface area (Å²) >= 11 is 5.02. The van der Waals surface area contributed by atoms with Crippen molar-refractivity contribution in [2.75, 3.05) is 19.0 Å². The molecule has 2 rings (SSSR count). The molecule has 1 unspecified atom stereocenters. The number of hydrogen-bond acceptors (Lipinski definition) is 5. The Balaban J connectivity index is 0.00000200. The van der Waals surface area contributed by atoms with E-state index in [4.69, 9.17) is 4.74 Å². The van der Waals surface area contributed by atoms with E-state index in [0.717, 1.165) is 17.0 Å². The third-order valence-electron chi connectivity index (χ3n) is 2.50. The van der Waals surface area contributed by atoms with Crippen LogP contribution >= 0.6 is 44.7 Å². The van der Waals surface area contributed by atoms with Crippen molar-refractivity contribution in [1.82, 2.24) is 10.9 Å². The van der Waals surface area contributed by atoms with Gasteiger partial charge in [-0.05, 0) is 18.2 Å². The van der Waals surface area contributed by atoms with Gasteiger partial charge in [0.05, 0.1) is 13.7 Å². The SMILES string of the molecule is Br.COc1cccc(C(=O)NNC2=NCC(CBr)S2)c1. The lowest BCUT2D eigenvalue weighted by atomic mass is 10.2. The minimum absolute atomic E-state index is 0. The van der Waals surface area contributed by atoms with E-state index in [2.05, 4.69) is 31.8 Å². The minimum atomic E-state index is -0.218. The number of hydrogen-bond donors (Lipinski definition) is 2. The molecule has 1 amide bonds. The van der Waals surface area contributed by atoms with Crippen molar-refractivity contribution in [1.29, 1.82) is 0 Å². The highest BCUT2D eigenvalue weighted by atomic mass is 79.9. The van der Waals surface area contributed by atoms with Gasteiger partial charge in [-0.3, -0.25) is 20.6 Å². The summed E-state index contributed by atoms with van der Waals surface area (Å²) in [4.78, 5) is 16.2. The summed E-state index contributed by atoms with van der Waals surface area (Å²) in [5.41, 5.74) is 5.99. The van der Waals surface area contributed by atoms with Gasteiger partial charge in [-0.1, -0.05) is 33.8 Å². The van der Waals surface area contributed by atoms with Crippen LogP contribution < -0.4 is 15.6 Å². The van der Waals surface area contributed by atoms with Crippen LogP contribution in [0.15, 0.2) is 29.3 Å². The van der Waals surface area contributed by atoms with E-state index in [0.29, 0.717) is 16.6 Å². The number of nitrogens with one attached hydrogen (secondary N) is 2. The van der Waals surface area contributed by atoms with E-state index in [9.17, 15) is 4.79 Å². The van der Waals surface area contributed by atoms with Gasteiger partial charge in [0.25, 0.3) is 5.91 Å². The molecule has 1 aliphatic rings. The molecular weight excluding hydrogens is 410 g/mol. The second-order valence-corrected chi connectivity index (χ2v) is 5.79. The zero-order valence-corrected chi connectivity index (χ0v) is 14.9. The summed E-state index contributed by atoms with van der Waals surface area (Å²) in [5.74, 6) is 0.434. The van der Waals surface area contributed by atoms with E-state index in [1.807, 2.05) is 0 Å². The summed E-state index contributed by atoms with van der Waals surface area (Å²) in [6.45, 7) is 0.757. The average molecular weight is 425 g/mol. The maximum Gasteiger partial charge on any atom is 0.269 e. The van der Waals surface area contributed by atoms with E-state index < -0.39 is 0 Å². The number of aliphatic imine (C=N–C) groups is 1. The number of hydrazine groups is 1. The predicted molar refractivity (Wildman–Crippen MR) is 91.4 cm³/mol. The molecule has 0 saturated carbocycles. The number of ether oxygens (including phenoxy) is 1. The fraction of sp³-hybridized carbons (Fsp3) is 0.333. The van der Waals surface area contributed by atoms with Gasteiger partial charge in [0.1, 0.15) is 5.75 Å². The number of halogens is 2. The number of nitrogens with zero attached hydrogens (tertiary/aromatic N) is 1. The van der Waals surface area contributed by atoms with Gasteiger partial charge < -0.3 is 4.74 Å². The number of carbonyl (C=O) groups excluding carboxylic acids is 1. The van der Waals surface area contributed by atoms with E-state index in [-0.39, 0.29) is 22.9 Å². The maximum absolute atomic E-state index is 11.9. The molecule has 1 atom stereocenters. The van der Waals surface area contributed by atoms with Crippen molar-refractivity contribution in [3.05, 3.63) is 29.8 Å². The molecule has 1 aliphatic heterocycles. The van der Waals surface area contributed by atoms with E-state index in [1.54, 1.807) is 43.1 Å². The average Bonchev–Trinajstić information content (AvgIpc) is 2.93. The zero-order valence-electron chi connectivity index (χ0n) is 10.8. The fourth-order valence-corrected chi connectivity index (χ4v) is 2.90. The number of thioether (sulfide) groups is 1. The zero-order chi connectivity index (χ0) is 13.7. The van der Waals surface area contributed by atoms with Crippen molar-refractivity contribution in [3.8, 4) is 5.75 Å². The molecule has 0 aliphatic carbocycles. The lowest BCUT2D eigenvalue weighted by Gasteiger charge is -2.09. The van der Waals surface area contributed by atoms with Crippen LogP contribution in [0.5, 0.6) is 5.75 Å². The first kappa shape index (κ1) is 17.3. The Hall–Kier alpha value is -0.730. The van der Waals surface area contributed by atoms with Crippen molar-refractivity contribution in [2.24, 2.45) is 4.99 Å². The molecule has 20 heavy (non-hydrogen) atoms. The molecule has 0 fully saturated rings. The summed E-state index contributed by atoms with van der Waals surface area (Å²) in [6.07, 6.45) is 0. The van der Waals surface area contributed by atoms with Crippen LogP contribution in [0, 0.1) is 0 Å². The molecule has 5 nitrogen and oxygen atoms in total. The molecule has 1 aromatic rings. The highest BCUT2D eigenvalue weighted by Crippen LogP contribution is 2.20. The maximum atomic E-state index is 11.9. The first-order valence-corrected chi connectivity index (χ1v) is 7.70. The van der Waals surface area contributed by atoms with Crippen molar-refractivity contribution in [2.45, 2.75) is 5.25 Å². The van der Waals surface area contributed by atoms with Gasteiger partial charge >= 0.3 is 0 Å². The van der Waals surface area contributed by atoms with Crippen LogP contribution in [0.4, 0.5) is 0 Å². The molecule has 8 heteroatoms. The first-order chi connectivity index (χ1) is 9.22. The fourth-order valence-electron chi connectivity index (χ4n) is 1.51. The number of amides is 1. The molecule has 1 heterocycles. The Kier molecular flexibility index (Phi) is 7.39. The lowest BCUT2D eigenvalue weighted by Crippen LogP contribution is -2.40. The van der Waals surface area contributed by atoms with Gasteiger partial charge in [-0.25, -0.2) is 0 Å². The highest BCUT2D eigenvalue weighted by Gasteiger charge is 2.18. The third-order valence-corrected chi connectivity index (χ3v) is 4.82. The number of benzene rings is 1. The van der Waals surface area contributed by atoms with Crippen LogP contribution in [0.2, 0.25) is 0 Å². The monoisotopic (exact) mass is 423 g/mol. The van der Waals surface area contributed by atoms with Gasteiger partial charge in [0.15, 0.2) is 5.17 Å². The number of amidine groups is 1. The molecule has 0 saturated heterocycles. The van der Waals surface area contributed by atoms with Crippen LogP contribution in [0.3, 0.4) is 0 Å². The topological polar surface area (TPSA) is 62.7 Å². The first-order valence-electron chi connectivity index (χ1n) is 5.70. The van der Waals surface area contributed by atoms with Crippen LogP contribution in [0.25, 0.3) is 0 Å². The summed E-state index contributed by atoms with van der Waals surface area (Å²) in [7, 11) is 1.57. The molecule has 110 valence electrons. The quantitative estimate of drug-likeness (QED) is 0.577. The molecule has 1 aromatic carbocycles. The largest absolute Gasteiger partial charge is 0.497 e. The molecule has 0 radical (unpaired) electrons. The van der Waals surface area contributed by atoms with Crippen molar-refractivity contribution in [3.63, 3.8) is 0 Å². The number of rotatable bonds is 3. The third kappa shape index (κ3) is 4.68. The van der Waals surface area contributed by atoms with Crippen LogP contribution in [-0.4, -0.2) is 35.3 Å². The van der Waals surface area contributed by atoms with Gasteiger partial charge in [0, 0.05) is 16.1 Å². The normalized spacial score (nSPS) is 16.9. The van der Waals surface area contributed by atoms with Crippen molar-refractivity contribution >= 4 is 55.7 Å². The van der Waals surface area contributed by atoms with Crippen molar-refractivity contribution < 1.29 is 9.53 Å². The summed E-state index contributed by atoms with van der Waals surface area (Å²) in [5, 5.41) is 2.05. The van der Waals surface area contributed by atoms with E-state index in [1.165, 1.54) is 0 Å².